The molecule has 0 spiro atoms. The van der Waals surface area contributed by atoms with Crippen molar-refractivity contribution < 1.29 is 4.74 Å². The Bertz CT molecular complexity index is 584. The Hall–Kier alpha value is -1.30. The van der Waals surface area contributed by atoms with Crippen LogP contribution in [0.4, 0.5) is 0 Å². The van der Waals surface area contributed by atoms with Gasteiger partial charge in [-0.3, -0.25) is 0 Å². The maximum atomic E-state index is 5.00. The SMILES string of the molecule is COCCNCCCc1nnc(C2Cc3ccccc32)s1. The molecule has 3 rings (SSSR count). The summed E-state index contributed by atoms with van der Waals surface area (Å²) in [5.41, 5.74) is 2.89. The third-order valence-electron chi connectivity index (χ3n) is 3.86. The van der Waals surface area contributed by atoms with Crippen LogP contribution in [0.3, 0.4) is 0 Å². The number of fused-ring (bicyclic) bond motifs is 1. The minimum atomic E-state index is 0.479. The van der Waals surface area contributed by atoms with Crippen LogP contribution in [0.25, 0.3) is 0 Å². The van der Waals surface area contributed by atoms with Gasteiger partial charge in [0.2, 0.25) is 0 Å². The molecule has 5 heteroatoms. The highest BCUT2D eigenvalue weighted by molar-refractivity contribution is 7.11. The number of rotatable bonds is 8. The molecule has 1 aliphatic carbocycles. The number of hydrogen-bond donors (Lipinski definition) is 1. The molecule has 1 atom stereocenters. The highest BCUT2D eigenvalue weighted by Crippen LogP contribution is 2.40. The lowest BCUT2D eigenvalue weighted by Crippen LogP contribution is -2.20. The Morgan fingerprint density at radius 1 is 1.29 bits per heavy atom. The molecule has 0 radical (unpaired) electrons. The summed E-state index contributed by atoms with van der Waals surface area (Å²) in [7, 11) is 1.73. The fraction of sp³-hybridized carbons (Fsp3) is 0.500. The molecule has 21 heavy (non-hydrogen) atoms. The lowest BCUT2D eigenvalue weighted by Gasteiger charge is -2.27. The van der Waals surface area contributed by atoms with Crippen molar-refractivity contribution in [3.8, 4) is 0 Å². The topological polar surface area (TPSA) is 47.0 Å². The number of benzene rings is 1. The van der Waals surface area contributed by atoms with Crippen LogP contribution >= 0.6 is 11.3 Å². The molecule has 1 aromatic heterocycles. The summed E-state index contributed by atoms with van der Waals surface area (Å²) in [6.07, 6.45) is 3.22. The Morgan fingerprint density at radius 3 is 3.05 bits per heavy atom. The van der Waals surface area contributed by atoms with E-state index in [1.165, 1.54) is 16.1 Å². The Labute approximate surface area is 129 Å². The number of methoxy groups -OCH3 is 1. The minimum Gasteiger partial charge on any atom is -0.383 e. The number of aromatic nitrogens is 2. The van der Waals surface area contributed by atoms with E-state index >= 15 is 0 Å². The second-order valence-electron chi connectivity index (χ2n) is 5.34. The van der Waals surface area contributed by atoms with Gasteiger partial charge in [0.05, 0.1) is 6.61 Å². The summed E-state index contributed by atoms with van der Waals surface area (Å²) >= 11 is 1.77. The molecule has 4 nitrogen and oxygen atoms in total. The maximum Gasteiger partial charge on any atom is 0.125 e. The first-order chi connectivity index (χ1) is 10.4. The average Bonchev–Trinajstić information content (AvgIpc) is 2.92. The smallest absolute Gasteiger partial charge is 0.125 e. The average molecular weight is 303 g/mol. The van der Waals surface area contributed by atoms with Crippen LogP contribution in [0.15, 0.2) is 24.3 Å². The molecule has 0 fully saturated rings. The molecule has 1 unspecified atom stereocenters. The number of ether oxygens (including phenoxy) is 1. The van der Waals surface area contributed by atoms with Gasteiger partial charge in [-0.05, 0) is 30.5 Å². The number of hydrogen-bond acceptors (Lipinski definition) is 5. The lowest BCUT2D eigenvalue weighted by molar-refractivity contribution is 0.199. The third kappa shape index (κ3) is 3.48. The lowest BCUT2D eigenvalue weighted by atomic mass is 9.78. The monoisotopic (exact) mass is 303 g/mol. The maximum absolute atomic E-state index is 5.00. The number of nitrogens with one attached hydrogen (secondary N) is 1. The first-order valence-corrected chi connectivity index (χ1v) is 8.30. The van der Waals surface area contributed by atoms with Crippen LogP contribution in [-0.2, 0) is 17.6 Å². The van der Waals surface area contributed by atoms with Crippen LogP contribution in [0.5, 0.6) is 0 Å². The second kappa shape index (κ2) is 7.11. The summed E-state index contributed by atoms with van der Waals surface area (Å²) in [5.74, 6) is 0.479. The highest BCUT2D eigenvalue weighted by atomic mass is 32.1. The zero-order chi connectivity index (χ0) is 14.5. The van der Waals surface area contributed by atoms with Crippen LogP contribution in [0.2, 0.25) is 0 Å². The predicted octanol–water partition coefficient (Wildman–Crippen LogP) is 2.39. The van der Waals surface area contributed by atoms with Crippen LogP contribution in [0, 0.1) is 0 Å². The van der Waals surface area contributed by atoms with Crippen LogP contribution in [-0.4, -0.2) is 37.0 Å². The van der Waals surface area contributed by atoms with Crippen molar-refractivity contribution >= 4 is 11.3 Å². The third-order valence-corrected chi connectivity index (χ3v) is 4.96. The van der Waals surface area contributed by atoms with Crippen LogP contribution < -0.4 is 5.32 Å². The molecule has 0 amide bonds. The first kappa shape index (κ1) is 14.6. The molecular formula is C16H21N3OS. The molecule has 1 aromatic carbocycles. The van der Waals surface area contributed by atoms with Crippen molar-refractivity contribution in [2.24, 2.45) is 0 Å². The van der Waals surface area contributed by atoms with Gasteiger partial charge in [-0.1, -0.05) is 24.3 Å². The van der Waals surface area contributed by atoms with E-state index in [9.17, 15) is 0 Å². The summed E-state index contributed by atoms with van der Waals surface area (Å²) in [4.78, 5) is 0. The van der Waals surface area contributed by atoms with E-state index in [-0.39, 0.29) is 0 Å². The van der Waals surface area contributed by atoms with E-state index in [0.717, 1.165) is 44.0 Å². The van der Waals surface area contributed by atoms with Gasteiger partial charge in [0, 0.05) is 26.0 Å². The van der Waals surface area contributed by atoms with Gasteiger partial charge in [0.1, 0.15) is 10.0 Å². The summed E-state index contributed by atoms with van der Waals surface area (Å²) in [5, 5.41) is 14.4. The van der Waals surface area contributed by atoms with Crippen molar-refractivity contribution in [1.29, 1.82) is 0 Å². The summed E-state index contributed by atoms with van der Waals surface area (Å²) in [6, 6.07) is 8.64. The fourth-order valence-electron chi connectivity index (χ4n) is 2.65. The van der Waals surface area contributed by atoms with E-state index in [1.54, 1.807) is 18.4 Å². The van der Waals surface area contributed by atoms with Gasteiger partial charge in [-0.15, -0.1) is 21.5 Å². The molecule has 0 saturated heterocycles. The van der Waals surface area contributed by atoms with E-state index < -0.39 is 0 Å². The van der Waals surface area contributed by atoms with Crippen molar-refractivity contribution in [2.45, 2.75) is 25.2 Å². The standard InChI is InChI=1S/C16H21N3OS/c1-20-10-9-17-8-4-7-15-18-19-16(21-15)14-11-12-5-2-3-6-13(12)14/h2-3,5-6,14,17H,4,7-11H2,1H3. The zero-order valence-electron chi connectivity index (χ0n) is 12.3. The number of aryl methyl sites for hydroxylation is 1. The van der Waals surface area contributed by atoms with Crippen molar-refractivity contribution in [2.75, 3.05) is 26.8 Å². The minimum absolute atomic E-state index is 0.479. The molecule has 1 aliphatic rings. The van der Waals surface area contributed by atoms with Crippen molar-refractivity contribution in [1.82, 2.24) is 15.5 Å². The molecule has 0 saturated carbocycles. The molecule has 0 aliphatic heterocycles. The molecule has 1 heterocycles. The molecule has 0 bridgehead atoms. The van der Waals surface area contributed by atoms with E-state index in [1.807, 2.05) is 0 Å². The Morgan fingerprint density at radius 2 is 2.19 bits per heavy atom. The zero-order valence-corrected chi connectivity index (χ0v) is 13.2. The van der Waals surface area contributed by atoms with Gasteiger partial charge >= 0.3 is 0 Å². The molecule has 2 aromatic rings. The second-order valence-corrected chi connectivity index (χ2v) is 6.43. The Balaban J connectivity index is 1.47. The fourth-order valence-corrected chi connectivity index (χ4v) is 3.66. The molecule has 1 N–H and O–H groups in total. The van der Waals surface area contributed by atoms with Crippen molar-refractivity contribution in [3.63, 3.8) is 0 Å². The Kier molecular flexibility index (Phi) is 4.95. The van der Waals surface area contributed by atoms with Gasteiger partial charge in [-0.25, -0.2) is 0 Å². The molecular weight excluding hydrogens is 282 g/mol. The van der Waals surface area contributed by atoms with Gasteiger partial charge in [-0.2, -0.15) is 0 Å². The van der Waals surface area contributed by atoms with Crippen LogP contribution in [0.1, 0.15) is 33.5 Å². The summed E-state index contributed by atoms with van der Waals surface area (Å²) in [6.45, 7) is 2.69. The van der Waals surface area contributed by atoms with Gasteiger partial charge < -0.3 is 10.1 Å². The van der Waals surface area contributed by atoms with E-state index in [2.05, 4.69) is 39.8 Å². The highest BCUT2D eigenvalue weighted by Gasteiger charge is 2.29. The largest absolute Gasteiger partial charge is 0.383 e. The summed E-state index contributed by atoms with van der Waals surface area (Å²) < 4.78 is 5.00. The van der Waals surface area contributed by atoms with Gasteiger partial charge in [0.15, 0.2) is 0 Å². The molecule has 112 valence electrons. The quantitative estimate of drug-likeness (QED) is 0.761. The predicted molar refractivity (Wildman–Crippen MR) is 85.0 cm³/mol. The van der Waals surface area contributed by atoms with Crippen molar-refractivity contribution in [3.05, 3.63) is 45.4 Å². The van der Waals surface area contributed by atoms with E-state index in [4.69, 9.17) is 4.74 Å². The van der Waals surface area contributed by atoms with E-state index in [0.29, 0.717) is 5.92 Å². The van der Waals surface area contributed by atoms with Gasteiger partial charge in [0.25, 0.3) is 0 Å². The first-order valence-electron chi connectivity index (χ1n) is 7.48. The normalized spacial score (nSPS) is 16.5. The number of nitrogens with zero attached hydrogens (tertiary/aromatic N) is 2.